The van der Waals surface area contributed by atoms with E-state index in [1.54, 1.807) is 0 Å². The van der Waals surface area contributed by atoms with Crippen LogP contribution >= 0.6 is 0 Å². The average molecular weight is 290 g/mol. The van der Waals surface area contributed by atoms with E-state index < -0.39 is 0 Å². The Morgan fingerprint density at radius 3 is 2.81 bits per heavy atom. The Labute approximate surface area is 126 Å². The molecule has 0 aromatic heterocycles. The van der Waals surface area contributed by atoms with E-state index in [9.17, 15) is 0 Å². The predicted octanol–water partition coefficient (Wildman–Crippen LogP) is 0.816. The number of fused-ring (bicyclic) bond motifs is 1. The van der Waals surface area contributed by atoms with Gasteiger partial charge in [0.05, 0.1) is 19.3 Å². The number of amidine groups is 1. The van der Waals surface area contributed by atoms with Crippen molar-refractivity contribution in [1.29, 1.82) is 0 Å². The highest BCUT2D eigenvalue weighted by Crippen LogP contribution is 2.59. The topological polar surface area (TPSA) is 54.1 Å². The van der Waals surface area contributed by atoms with Crippen LogP contribution in [-0.2, 0) is 4.74 Å². The maximum atomic E-state index is 5.88. The van der Waals surface area contributed by atoms with E-state index >= 15 is 0 Å². The molecule has 4 rings (SSSR count). The van der Waals surface area contributed by atoms with Crippen molar-refractivity contribution in [3.05, 3.63) is 11.3 Å². The molecule has 2 N–H and O–H groups in total. The van der Waals surface area contributed by atoms with E-state index in [1.807, 2.05) is 0 Å². The zero-order valence-corrected chi connectivity index (χ0v) is 13.1. The molecule has 3 aliphatic heterocycles. The van der Waals surface area contributed by atoms with Crippen molar-refractivity contribution in [3.63, 3.8) is 0 Å². The number of morpholine rings is 1. The van der Waals surface area contributed by atoms with Gasteiger partial charge in [-0.3, -0.25) is 9.89 Å². The second-order valence-electron chi connectivity index (χ2n) is 7.05. The van der Waals surface area contributed by atoms with E-state index in [0.29, 0.717) is 12.0 Å². The molecular weight excluding hydrogens is 264 g/mol. The van der Waals surface area contributed by atoms with Crippen molar-refractivity contribution in [2.45, 2.75) is 38.8 Å². The van der Waals surface area contributed by atoms with Gasteiger partial charge >= 0.3 is 0 Å². The van der Waals surface area contributed by atoms with Gasteiger partial charge in [0.25, 0.3) is 0 Å². The Kier molecular flexibility index (Phi) is 3.14. The molecule has 4 aliphatic rings. The van der Waals surface area contributed by atoms with Crippen molar-refractivity contribution in [2.24, 2.45) is 16.1 Å². The fraction of sp³-hybridized carbons (Fsp3) is 0.812. The number of ether oxygens (including phenoxy) is 1. The number of rotatable bonds is 2. The average Bonchev–Trinajstić information content (AvgIpc) is 3.05. The van der Waals surface area contributed by atoms with Crippen molar-refractivity contribution >= 4 is 5.84 Å². The van der Waals surface area contributed by atoms with Crippen LogP contribution in [0.4, 0.5) is 0 Å². The highest BCUT2D eigenvalue weighted by Gasteiger charge is 2.62. The van der Waals surface area contributed by atoms with Gasteiger partial charge in [0.1, 0.15) is 5.84 Å². The lowest BCUT2D eigenvalue weighted by Crippen LogP contribution is -2.40. The van der Waals surface area contributed by atoms with Crippen LogP contribution in [0.1, 0.15) is 26.7 Å². The number of allylic oxidation sites excluding steroid dienone is 1. The van der Waals surface area contributed by atoms with Crippen molar-refractivity contribution in [1.82, 2.24) is 9.80 Å². The number of nitrogens with two attached hydrogens (primary N) is 1. The largest absolute Gasteiger partial charge is 0.379 e. The van der Waals surface area contributed by atoms with Crippen molar-refractivity contribution in [2.75, 3.05) is 39.4 Å². The Bertz CT molecular complexity index is 508. The van der Waals surface area contributed by atoms with Gasteiger partial charge in [-0.2, -0.15) is 0 Å². The molecule has 1 aliphatic carbocycles. The van der Waals surface area contributed by atoms with Crippen molar-refractivity contribution in [3.8, 4) is 0 Å². The Balaban J connectivity index is 1.55. The summed E-state index contributed by atoms with van der Waals surface area (Å²) in [7, 11) is 0. The van der Waals surface area contributed by atoms with Gasteiger partial charge in [-0.05, 0) is 32.3 Å². The summed E-state index contributed by atoms with van der Waals surface area (Å²) in [6.07, 6.45) is 2.55. The van der Waals surface area contributed by atoms with Gasteiger partial charge in [-0.25, -0.2) is 0 Å². The lowest BCUT2D eigenvalue weighted by molar-refractivity contribution is 0.0279. The normalized spacial score (nSPS) is 39.8. The minimum Gasteiger partial charge on any atom is -0.379 e. The third-order valence-electron chi connectivity index (χ3n) is 5.86. The van der Waals surface area contributed by atoms with Crippen LogP contribution in [0, 0.1) is 5.41 Å². The first kappa shape index (κ1) is 13.7. The van der Waals surface area contributed by atoms with Gasteiger partial charge in [0, 0.05) is 43.3 Å². The zero-order valence-electron chi connectivity index (χ0n) is 13.1. The molecule has 0 radical (unpaired) electrons. The standard InChI is InChI=1S/C16H26N4O/c1-11-13(9-17)18-12(2)20-10-16(7-14(11)20)8-15(16)19-3-5-21-6-4-19/h13,15H,3-10,17H2,1-2H3/t13-,15-,16-/m0/s1. The Morgan fingerprint density at radius 1 is 1.33 bits per heavy atom. The Morgan fingerprint density at radius 2 is 2.10 bits per heavy atom. The fourth-order valence-corrected chi connectivity index (χ4v) is 4.46. The summed E-state index contributed by atoms with van der Waals surface area (Å²) in [5.74, 6) is 1.16. The third kappa shape index (κ3) is 2.05. The summed E-state index contributed by atoms with van der Waals surface area (Å²) >= 11 is 0. The van der Waals surface area contributed by atoms with Crippen LogP contribution in [0.5, 0.6) is 0 Å². The van der Waals surface area contributed by atoms with E-state index in [-0.39, 0.29) is 6.04 Å². The maximum absolute atomic E-state index is 5.88. The summed E-state index contributed by atoms with van der Waals surface area (Å²) in [5, 5.41) is 0. The molecule has 0 aromatic rings. The van der Waals surface area contributed by atoms with Crippen molar-refractivity contribution < 1.29 is 4.74 Å². The highest BCUT2D eigenvalue weighted by atomic mass is 16.5. The van der Waals surface area contributed by atoms with Crippen LogP contribution in [0.15, 0.2) is 16.3 Å². The SMILES string of the molecule is CC1=N[C@@H](CN)C(C)=C2C[C@]3(C[C@@H]3N3CCOCC3)CN12. The molecule has 0 amide bonds. The minimum atomic E-state index is 0.201. The second-order valence-corrected chi connectivity index (χ2v) is 7.05. The van der Waals surface area contributed by atoms with Gasteiger partial charge in [0.15, 0.2) is 0 Å². The van der Waals surface area contributed by atoms with E-state index in [2.05, 4.69) is 23.6 Å². The number of hydrogen-bond donors (Lipinski definition) is 1. The molecule has 2 saturated heterocycles. The van der Waals surface area contributed by atoms with Gasteiger partial charge < -0.3 is 15.4 Å². The minimum absolute atomic E-state index is 0.201. The molecule has 3 heterocycles. The molecule has 5 heteroatoms. The number of aliphatic imine (C=N–C) groups is 1. The lowest BCUT2D eigenvalue weighted by Gasteiger charge is -2.30. The monoisotopic (exact) mass is 290 g/mol. The number of nitrogens with zero attached hydrogens (tertiary/aromatic N) is 3. The summed E-state index contributed by atoms with van der Waals surface area (Å²) in [4.78, 5) is 9.89. The summed E-state index contributed by atoms with van der Waals surface area (Å²) in [5.41, 5.74) is 9.25. The van der Waals surface area contributed by atoms with Gasteiger partial charge in [-0.1, -0.05) is 0 Å². The highest BCUT2D eigenvalue weighted by molar-refractivity contribution is 5.84. The second kappa shape index (κ2) is 4.80. The van der Waals surface area contributed by atoms with Crippen LogP contribution in [-0.4, -0.2) is 67.1 Å². The van der Waals surface area contributed by atoms with E-state index in [0.717, 1.165) is 44.7 Å². The molecule has 5 nitrogen and oxygen atoms in total. The molecule has 116 valence electrons. The maximum Gasteiger partial charge on any atom is 0.101 e. The fourth-order valence-electron chi connectivity index (χ4n) is 4.46. The molecule has 0 bridgehead atoms. The molecular formula is C16H26N4O. The summed E-state index contributed by atoms with van der Waals surface area (Å²) in [6.45, 7) is 10.1. The van der Waals surface area contributed by atoms with E-state index in [1.165, 1.54) is 24.1 Å². The quantitative estimate of drug-likeness (QED) is 0.818. The van der Waals surface area contributed by atoms with Crippen LogP contribution in [0.25, 0.3) is 0 Å². The molecule has 3 fully saturated rings. The first-order chi connectivity index (χ1) is 10.1. The molecule has 21 heavy (non-hydrogen) atoms. The zero-order chi connectivity index (χ0) is 14.6. The third-order valence-corrected chi connectivity index (χ3v) is 5.86. The van der Waals surface area contributed by atoms with Crippen LogP contribution in [0.3, 0.4) is 0 Å². The van der Waals surface area contributed by atoms with E-state index in [4.69, 9.17) is 15.5 Å². The molecule has 1 spiro atoms. The molecule has 3 atom stereocenters. The summed E-state index contributed by atoms with van der Waals surface area (Å²) in [6, 6.07) is 0.948. The van der Waals surface area contributed by atoms with Gasteiger partial charge in [0.2, 0.25) is 0 Å². The van der Waals surface area contributed by atoms with Crippen LogP contribution in [0.2, 0.25) is 0 Å². The molecule has 1 saturated carbocycles. The predicted molar refractivity (Wildman–Crippen MR) is 83.2 cm³/mol. The lowest BCUT2D eigenvalue weighted by atomic mass is 9.99. The molecule has 0 unspecified atom stereocenters. The summed E-state index contributed by atoms with van der Waals surface area (Å²) < 4.78 is 5.49. The smallest absolute Gasteiger partial charge is 0.101 e. The molecule has 0 aromatic carbocycles. The van der Waals surface area contributed by atoms with Gasteiger partial charge in [-0.15, -0.1) is 0 Å². The first-order valence-electron chi connectivity index (χ1n) is 8.18. The Hall–Kier alpha value is -0.910. The van der Waals surface area contributed by atoms with Crippen LogP contribution < -0.4 is 5.73 Å². The number of hydrogen-bond acceptors (Lipinski definition) is 5. The first-order valence-corrected chi connectivity index (χ1v) is 8.18.